The maximum Gasteiger partial charge on any atom is 0.410 e. The second kappa shape index (κ2) is 7.55. The van der Waals surface area contributed by atoms with Gasteiger partial charge in [-0.25, -0.2) is 9.59 Å². The minimum Gasteiger partial charge on any atom is -0.492 e. The van der Waals surface area contributed by atoms with Crippen LogP contribution in [0.1, 0.15) is 44.0 Å². The molecule has 0 bridgehead atoms. The summed E-state index contributed by atoms with van der Waals surface area (Å²) in [7, 11) is 0. The molecular formula is C18H25NO5. The van der Waals surface area contributed by atoms with Crippen LogP contribution < -0.4 is 4.74 Å². The first-order valence-electron chi connectivity index (χ1n) is 8.19. The molecule has 6 heteroatoms. The van der Waals surface area contributed by atoms with Crippen molar-refractivity contribution in [3.8, 4) is 5.75 Å². The molecular weight excluding hydrogens is 310 g/mol. The number of aromatic carboxylic acids is 1. The minimum atomic E-state index is -0.995. The lowest BCUT2D eigenvalue weighted by Gasteiger charge is -2.33. The highest BCUT2D eigenvalue weighted by atomic mass is 16.6. The van der Waals surface area contributed by atoms with Crippen molar-refractivity contribution in [3.63, 3.8) is 0 Å². The number of para-hydroxylation sites is 1. The lowest BCUT2D eigenvalue weighted by atomic mass is 9.98. The van der Waals surface area contributed by atoms with Gasteiger partial charge in [-0.2, -0.15) is 0 Å². The summed E-state index contributed by atoms with van der Waals surface area (Å²) in [6.07, 6.45) is 1.35. The van der Waals surface area contributed by atoms with Crippen molar-refractivity contribution in [1.82, 2.24) is 4.90 Å². The molecule has 1 heterocycles. The number of carbonyl (C=O) groups excluding carboxylic acids is 1. The summed E-state index contributed by atoms with van der Waals surface area (Å²) < 4.78 is 11.1. The van der Waals surface area contributed by atoms with Crippen LogP contribution in [0, 0.1) is 5.92 Å². The van der Waals surface area contributed by atoms with Crippen LogP contribution in [0.3, 0.4) is 0 Å². The van der Waals surface area contributed by atoms with Gasteiger partial charge in [-0.05, 0) is 51.7 Å². The highest BCUT2D eigenvalue weighted by Gasteiger charge is 2.27. The van der Waals surface area contributed by atoms with Gasteiger partial charge in [-0.1, -0.05) is 12.1 Å². The third kappa shape index (κ3) is 5.15. The molecule has 0 atom stereocenters. The van der Waals surface area contributed by atoms with Crippen LogP contribution in [-0.2, 0) is 4.74 Å². The predicted molar refractivity (Wildman–Crippen MR) is 89.4 cm³/mol. The van der Waals surface area contributed by atoms with E-state index in [0.29, 0.717) is 31.4 Å². The van der Waals surface area contributed by atoms with Gasteiger partial charge in [0.1, 0.15) is 16.9 Å². The van der Waals surface area contributed by atoms with Crippen LogP contribution in [0.25, 0.3) is 0 Å². The Kier molecular flexibility index (Phi) is 5.70. The van der Waals surface area contributed by atoms with E-state index in [4.69, 9.17) is 14.6 Å². The SMILES string of the molecule is CC(C)(C)OC(=O)N1CCC(COc2ccccc2C(=O)O)CC1. The Morgan fingerprint density at radius 3 is 2.42 bits per heavy atom. The van der Waals surface area contributed by atoms with Gasteiger partial charge >= 0.3 is 12.1 Å². The van der Waals surface area contributed by atoms with E-state index in [1.165, 1.54) is 6.07 Å². The van der Waals surface area contributed by atoms with Gasteiger partial charge in [0.05, 0.1) is 6.61 Å². The monoisotopic (exact) mass is 335 g/mol. The second-order valence-electron chi connectivity index (χ2n) is 7.02. The third-order valence-corrected chi connectivity index (χ3v) is 3.86. The topological polar surface area (TPSA) is 76.1 Å². The smallest absolute Gasteiger partial charge is 0.410 e. The summed E-state index contributed by atoms with van der Waals surface area (Å²) in [6.45, 7) is 7.27. The van der Waals surface area contributed by atoms with Gasteiger partial charge in [0.15, 0.2) is 0 Å². The maximum absolute atomic E-state index is 12.0. The van der Waals surface area contributed by atoms with E-state index in [-0.39, 0.29) is 11.7 Å². The van der Waals surface area contributed by atoms with Gasteiger partial charge < -0.3 is 19.5 Å². The van der Waals surface area contributed by atoms with E-state index in [9.17, 15) is 9.59 Å². The molecule has 0 saturated carbocycles. The minimum absolute atomic E-state index is 0.170. The van der Waals surface area contributed by atoms with Crippen molar-refractivity contribution in [3.05, 3.63) is 29.8 Å². The fraction of sp³-hybridized carbons (Fsp3) is 0.556. The van der Waals surface area contributed by atoms with Crippen molar-refractivity contribution in [1.29, 1.82) is 0 Å². The third-order valence-electron chi connectivity index (χ3n) is 3.86. The number of carboxylic acid groups (broad SMARTS) is 1. The molecule has 1 aliphatic rings. The summed E-state index contributed by atoms with van der Waals surface area (Å²) in [5.74, 6) is -0.310. The van der Waals surface area contributed by atoms with Crippen LogP contribution in [0.2, 0.25) is 0 Å². The second-order valence-corrected chi connectivity index (χ2v) is 7.02. The Morgan fingerprint density at radius 1 is 1.21 bits per heavy atom. The molecule has 1 aromatic carbocycles. The number of benzene rings is 1. The molecule has 1 aliphatic heterocycles. The number of nitrogens with zero attached hydrogens (tertiary/aromatic N) is 1. The van der Waals surface area contributed by atoms with Crippen LogP contribution in [0.15, 0.2) is 24.3 Å². The molecule has 0 aliphatic carbocycles. The van der Waals surface area contributed by atoms with E-state index in [0.717, 1.165) is 12.8 Å². The van der Waals surface area contributed by atoms with Gasteiger partial charge in [0, 0.05) is 13.1 Å². The van der Waals surface area contributed by atoms with Crippen LogP contribution in [0.5, 0.6) is 5.75 Å². The molecule has 1 aromatic rings. The van der Waals surface area contributed by atoms with Gasteiger partial charge in [0.25, 0.3) is 0 Å². The lowest BCUT2D eigenvalue weighted by molar-refractivity contribution is 0.0164. The van der Waals surface area contributed by atoms with E-state index >= 15 is 0 Å². The van der Waals surface area contributed by atoms with Crippen molar-refractivity contribution in [2.75, 3.05) is 19.7 Å². The molecule has 24 heavy (non-hydrogen) atoms. The van der Waals surface area contributed by atoms with E-state index in [2.05, 4.69) is 0 Å². The largest absolute Gasteiger partial charge is 0.492 e. The van der Waals surface area contributed by atoms with Crippen molar-refractivity contribution in [2.45, 2.75) is 39.2 Å². The number of carbonyl (C=O) groups is 2. The number of hydrogen-bond donors (Lipinski definition) is 1. The first-order valence-corrected chi connectivity index (χ1v) is 8.19. The number of rotatable bonds is 4. The highest BCUT2D eigenvalue weighted by molar-refractivity contribution is 5.90. The molecule has 2 rings (SSSR count). The quantitative estimate of drug-likeness (QED) is 0.912. The zero-order valence-corrected chi connectivity index (χ0v) is 14.4. The summed E-state index contributed by atoms with van der Waals surface area (Å²) in [6, 6.07) is 6.63. The zero-order valence-electron chi connectivity index (χ0n) is 14.4. The molecule has 0 unspecified atom stereocenters. The molecule has 1 fully saturated rings. The number of likely N-dealkylation sites (tertiary alicyclic amines) is 1. The van der Waals surface area contributed by atoms with E-state index in [1.54, 1.807) is 23.1 Å². The van der Waals surface area contributed by atoms with Crippen molar-refractivity contribution >= 4 is 12.1 Å². The predicted octanol–water partition coefficient (Wildman–Crippen LogP) is 3.41. The summed E-state index contributed by atoms with van der Waals surface area (Å²) in [5.41, 5.74) is -0.318. The Hall–Kier alpha value is -2.24. The fourth-order valence-corrected chi connectivity index (χ4v) is 2.59. The molecule has 1 N–H and O–H groups in total. The molecule has 0 spiro atoms. The lowest BCUT2D eigenvalue weighted by Crippen LogP contribution is -2.42. The average molecular weight is 335 g/mol. The fourth-order valence-electron chi connectivity index (χ4n) is 2.59. The number of ether oxygens (including phenoxy) is 2. The standard InChI is InChI=1S/C18H25NO5/c1-18(2,3)24-17(22)19-10-8-13(9-11-19)12-23-15-7-5-4-6-14(15)16(20)21/h4-7,13H,8-12H2,1-3H3,(H,20,21). The molecule has 6 nitrogen and oxygen atoms in total. The molecule has 0 aromatic heterocycles. The van der Waals surface area contributed by atoms with Gasteiger partial charge in [-0.15, -0.1) is 0 Å². The number of amides is 1. The van der Waals surface area contributed by atoms with Crippen LogP contribution >= 0.6 is 0 Å². The number of carboxylic acids is 1. The molecule has 0 radical (unpaired) electrons. The van der Waals surface area contributed by atoms with E-state index < -0.39 is 11.6 Å². The molecule has 1 amide bonds. The van der Waals surface area contributed by atoms with Crippen LogP contribution in [0.4, 0.5) is 4.79 Å². The Balaban J connectivity index is 1.82. The summed E-state index contributed by atoms with van der Waals surface area (Å²) in [5, 5.41) is 9.15. The number of hydrogen-bond acceptors (Lipinski definition) is 4. The Labute approximate surface area is 142 Å². The van der Waals surface area contributed by atoms with Crippen molar-refractivity contribution in [2.24, 2.45) is 5.92 Å². The molecule has 1 saturated heterocycles. The van der Waals surface area contributed by atoms with Gasteiger partial charge in [-0.3, -0.25) is 0 Å². The maximum atomic E-state index is 12.0. The Bertz CT molecular complexity index is 585. The number of piperidine rings is 1. The summed E-state index contributed by atoms with van der Waals surface area (Å²) in [4.78, 5) is 24.9. The zero-order chi connectivity index (χ0) is 17.7. The summed E-state index contributed by atoms with van der Waals surface area (Å²) >= 11 is 0. The molecule has 132 valence electrons. The average Bonchev–Trinajstić information content (AvgIpc) is 2.52. The first-order chi connectivity index (χ1) is 11.3. The van der Waals surface area contributed by atoms with Crippen molar-refractivity contribution < 1.29 is 24.2 Å². The highest BCUT2D eigenvalue weighted by Crippen LogP contribution is 2.23. The van der Waals surface area contributed by atoms with E-state index in [1.807, 2.05) is 20.8 Å². The normalized spacial score (nSPS) is 15.9. The van der Waals surface area contributed by atoms with Gasteiger partial charge in [0.2, 0.25) is 0 Å². The first kappa shape index (κ1) is 18.1. The Morgan fingerprint density at radius 2 is 1.83 bits per heavy atom. The van der Waals surface area contributed by atoms with Crippen LogP contribution in [-0.4, -0.2) is 47.4 Å².